The first-order valence-electron chi connectivity index (χ1n) is 9.97. The third-order valence-corrected chi connectivity index (χ3v) is 5.55. The van der Waals surface area contributed by atoms with Gasteiger partial charge in [-0.05, 0) is 17.7 Å². The highest BCUT2D eigenvalue weighted by atomic mass is 19.4. The first-order valence-corrected chi connectivity index (χ1v) is 9.97. The summed E-state index contributed by atoms with van der Waals surface area (Å²) in [6.45, 7) is 4.97. The molecule has 160 valence electrons. The van der Waals surface area contributed by atoms with Crippen molar-refractivity contribution in [1.82, 2.24) is 9.80 Å². The van der Waals surface area contributed by atoms with Gasteiger partial charge in [0.05, 0.1) is 23.9 Å². The molecule has 0 N–H and O–H groups in total. The molecule has 0 aliphatic carbocycles. The molecule has 2 aromatic rings. The largest absolute Gasteiger partial charge is 0.416 e. The SMILES string of the molecule is C=CCN1C(=O)C2=C(C(c3ccccc3)=NCCN2C)C1c1cccc(C(F)(F)F)c1. The predicted molar refractivity (Wildman–Crippen MR) is 114 cm³/mol. The van der Waals surface area contributed by atoms with Gasteiger partial charge in [-0.15, -0.1) is 6.58 Å². The molecule has 0 radical (unpaired) electrons. The molecule has 2 aromatic carbocycles. The van der Waals surface area contributed by atoms with Crippen LogP contribution in [0.5, 0.6) is 0 Å². The number of carbonyl (C=O) groups is 1. The Morgan fingerprint density at radius 1 is 1.16 bits per heavy atom. The van der Waals surface area contributed by atoms with Crippen LogP contribution in [0.2, 0.25) is 0 Å². The van der Waals surface area contributed by atoms with Crippen LogP contribution in [0.1, 0.15) is 22.7 Å². The number of hydrogen-bond donors (Lipinski definition) is 0. The molecule has 1 unspecified atom stereocenters. The molecular formula is C24H22F3N3O. The molecule has 4 rings (SSSR count). The molecule has 1 amide bonds. The zero-order chi connectivity index (χ0) is 22.2. The van der Waals surface area contributed by atoms with Crippen molar-refractivity contribution >= 4 is 11.6 Å². The molecule has 0 saturated carbocycles. The van der Waals surface area contributed by atoms with Crippen molar-refractivity contribution < 1.29 is 18.0 Å². The summed E-state index contributed by atoms with van der Waals surface area (Å²) < 4.78 is 40.3. The van der Waals surface area contributed by atoms with Crippen molar-refractivity contribution in [3.63, 3.8) is 0 Å². The van der Waals surface area contributed by atoms with E-state index in [1.165, 1.54) is 6.07 Å². The van der Waals surface area contributed by atoms with E-state index < -0.39 is 17.8 Å². The smallest absolute Gasteiger partial charge is 0.368 e. The van der Waals surface area contributed by atoms with E-state index in [2.05, 4.69) is 6.58 Å². The quantitative estimate of drug-likeness (QED) is 0.678. The molecule has 0 fully saturated rings. The average Bonchev–Trinajstić information content (AvgIpc) is 2.92. The van der Waals surface area contributed by atoms with Crippen LogP contribution in [0.15, 0.2) is 83.5 Å². The predicted octanol–water partition coefficient (Wildman–Crippen LogP) is 4.46. The van der Waals surface area contributed by atoms with E-state index in [9.17, 15) is 18.0 Å². The zero-order valence-electron chi connectivity index (χ0n) is 17.1. The molecule has 4 nitrogen and oxygen atoms in total. The Balaban J connectivity index is 1.95. The number of alkyl halides is 3. The number of halogens is 3. The Bertz CT molecular complexity index is 1070. The Morgan fingerprint density at radius 2 is 1.90 bits per heavy atom. The fourth-order valence-electron chi connectivity index (χ4n) is 4.18. The number of likely N-dealkylation sites (N-methyl/N-ethyl adjacent to an activating group) is 1. The normalized spacial score (nSPS) is 19.3. The summed E-state index contributed by atoms with van der Waals surface area (Å²) in [5, 5.41) is 0. The number of amides is 1. The summed E-state index contributed by atoms with van der Waals surface area (Å²) >= 11 is 0. The number of rotatable bonds is 4. The van der Waals surface area contributed by atoms with Gasteiger partial charge < -0.3 is 9.80 Å². The summed E-state index contributed by atoms with van der Waals surface area (Å²) in [5.41, 5.74) is 2.23. The Labute approximate surface area is 179 Å². The van der Waals surface area contributed by atoms with Crippen LogP contribution in [0.3, 0.4) is 0 Å². The standard InChI is InChI=1S/C24H22F3N3O/c1-3-13-30-21(17-10-7-11-18(15-17)24(25,26)27)19-20(16-8-5-4-6-9-16)28-12-14-29(2)22(19)23(30)31/h3-11,15,21H,1,12-14H2,2H3. The molecule has 2 aliphatic heterocycles. The number of benzene rings is 2. The van der Waals surface area contributed by atoms with E-state index >= 15 is 0 Å². The molecule has 0 spiro atoms. The van der Waals surface area contributed by atoms with Crippen molar-refractivity contribution in [3.05, 3.63) is 95.2 Å². The van der Waals surface area contributed by atoms with Gasteiger partial charge in [-0.2, -0.15) is 13.2 Å². The van der Waals surface area contributed by atoms with Gasteiger partial charge in [-0.3, -0.25) is 9.79 Å². The van der Waals surface area contributed by atoms with Crippen LogP contribution < -0.4 is 0 Å². The fraction of sp³-hybridized carbons (Fsp3) is 0.250. The number of aliphatic imine (C=N–C) groups is 1. The first-order chi connectivity index (χ1) is 14.8. The van der Waals surface area contributed by atoms with Gasteiger partial charge in [0.25, 0.3) is 5.91 Å². The van der Waals surface area contributed by atoms with Crippen LogP contribution in [0.25, 0.3) is 0 Å². The van der Waals surface area contributed by atoms with Crippen LogP contribution in [0.4, 0.5) is 13.2 Å². The maximum absolute atomic E-state index is 13.4. The Hall–Kier alpha value is -3.35. The molecule has 7 heteroatoms. The van der Waals surface area contributed by atoms with Crippen molar-refractivity contribution in [1.29, 1.82) is 0 Å². The maximum Gasteiger partial charge on any atom is 0.416 e. The lowest BCUT2D eigenvalue weighted by molar-refractivity contribution is -0.137. The third-order valence-electron chi connectivity index (χ3n) is 5.55. The molecule has 0 aromatic heterocycles. The van der Waals surface area contributed by atoms with E-state index in [-0.39, 0.29) is 12.5 Å². The van der Waals surface area contributed by atoms with Crippen molar-refractivity contribution in [2.45, 2.75) is 12.2 Å². The fourth-order valence-corrected chi connectivity index (χ4v) is 4.18. The van der Waals surface area contributed by atoms with Crippen LogP contribution in [-0.4, -0.2) is 48.1 Å². The molecule has 0 bridgehead atoms. The Kier molecular flexibility index (Phi) is 5.43. The van der Waals surface area contributed by atoms with Crippen molar-refractivity contribution in [2.75, 3.05) is 26.7 Å². The van der Waals surface area contributed by atoms with Crippen LogP contribution >= 0.6 is 0 Å². The van der Waals surface area contributed by atoms with Gasteiger partial charge in [-0.1, -0.05) is 48.5 Å². The van der Waals surface area contributed by atoms with Crippen molar-refractivity contribution in [3.8, 4) is 0 Å². The van der Waals surface area contributed by atoms with Gasteiger partial charge in [0.15, 0.2) is 0 Å². The number of carbonyl (C=O) groups excluding carboxylic acids is 1. The van der Waals surface area contributed by atoms with Crippen molar-refractivity contribution in [2.24, 2.45) is 4.99 Å². The van der Waals surface area contributed by atoms with Gasteiger partial charge in [0.2, 0.25) is 0 Å². The monoisotopic (exact) mass is 425 g/mol. The molecule has 2 heterocycles. The van der Waals surface area contributed by atoms with Gasteiger partial charge in [-0.25, -0.2) is 0 Å². The second-order valence-electron chi connectivity index (χ2n) is 7.55. The minimum atomic E-state index is -4.48. The lowest BCUT2D eigenvalue weighted by Gasteiger charge is -2.28. The van der Waals surface area contributed by atoms with E-state index in [0.29, 0.717) is 35.6 Å². The second kappa shape index (κ2) is 8.06. The maximum atomic E-state index is 13.4. The van der Waals surface area contributed by atoms with Gasteiger partial charge in [0, 0.05) is 31.3 Å². The van der Waals surface area contributed by atoms with Gasteiger partial charge in [0.1, 0.15) is 5.70 Å². The lowest BCUT2D eigenvalue weighted by Crippen LogP contribution is -2.34. The summed E-state index contributed by atoms with van der Waals surface area (Å²) in [6.07, 6.45) is -2.89. The average molecular weight is 425 g/mol. The van der Waals surface area contributed by atoms with E-state index in [1.54, 1.807) is 17.0 Å². The van der Waals surface area contributed by atoms with E-state index in [4.69, 9.17) is 4.99 Å². The first kappa shape index (κ1) is 20.9. The summed E-state index contributed by atoms with van der Waals surface area (Å²) in [7, 11) is 1.82. The second-order valence-corrected chi connectivity index (χ2v) is 7.55. The number of hydrogen-bond acceptors (Lipinski definition) is 3. The molecule has 2 aliphatic rings. The van der Waals surface area contributed by atoms with Crippen LogP contribution in [-0.2, 0) is 11.0 Å². The molecule has 1 atom stereocenters. The Morgan fingerprint density at radius 3 is 2.58 bits per heavy atom. The highest BCUT2D eigenvalue weighted by Crippen LogP contribution is 2.43. The highest BCUT2D eigenvalue weighted by Gasteiger charge is 2.44. The van der Waals surface area contributed by atoms with Gasteiger partial charge >= 0.3 is 6.18 Å². The van der Waals surface area contributed by atoms with E-state index in [0.717, 1.165) is 17.7 Å². The topological polar surface area (TPSA) is 35.9 Å². The number of nitrogens with zero attached hydrogens (tertiary/aromatic N) is 3. The van der Waals surface area contributed by atoms with Crippen LogP contribution in [0, 0.1) is 0 Å². The lowest BCUT2D eigenvalue weighted by atomic mass is 9.90. The third kappa shape index (κ3) is 3.76. The minimum absolute atomic E-state index is 0.211. The molecule has 31 heavy (non-hydrogen) atoms. The minimum Gasteiger partial charge on any atom is -0.368 e. The summed E-state index contributed by atoms with van der Waals surface area (Å²) in [6, 6.07) is 13.9. The summed E-state index contributed by atoms with van der Waals surface area (Å²) in [5.74, 6) is -0.231. The summed E-state index contributed by atoms with van der Waals surface area (Å²) in [4.78, 5) is 21.6. The highest BCUT2D eigenvalue weighted by molar-refractivity contribution is 6.19. The zero-order valence-corrected chi connectivity index (χ0v) is 17.1. The molecular weight excluding hydrogens is 403 g/mol. The molecule has 0 saturated heterocycles. The van der Waals surface area contributed by atoms with E-state index in [1.807, 2.05) is 42.3 Å².